The molecule has 1 aliphatic rings. The van der Waals surface area contributed by atoms with Gasteiger partial charge in [-0.2, -0.15) is 18.3 Å². The van der Waals surface area contributed by atoms with E-state index in [1.807, 2.05) is 0 Å². The fourth-order valence-corrected chi connectivity index (χ4v) is 3.51. The predicted molar refractivity (Wildman–Crippen MR) is 100 cm³/mol. The van der Waals surface area contributed by atoms with Crippen molar-refractivity contribution >= 4 is 15.9 Å². The summed E-state index contributed by atoms with van der Waals surface area (Å²) in [6.07, 6.45) is -0.886. The van der Waals surface area contributed by atoms with Gasteiger partial charge in [-0.1, -0.05) is 15.9 Å². The van der Waals surface area contributed by atoms with E-state index < -0.39 is 17.5 Å². The smallest absolute Gasteiger partial charge is 0.433 e. The molecule has 1 aromatic carbocycles. The molecule has 4 rings (SSSR count). The quantitative estimate of drug-likeness (QED) is 0.574. The predicted octanol–water partition coefficient (Wildman–Crippen LogP) is 4.54. The van der Waals surface area contributed by atoms with Crippen LogP contribution in [0.4, 0.5) is 13.2 Å². The number of hydrogen-bond donors (Lipinski definition) is 1. The lowest BCUT2D eigenvalue weighted by atomic mass is 9.87. The van der Waals surface area contributed by atoms with Gasteiger partial charge >= 0.3 is 6.18 Å². The van der Waals surface area contributed by atoms with E-state index in [2.05, 4.69) is 31.0 Å². The number of ether oxygens (including phenoxy) is 1. The molecule has 10 heteroatoms. The lowest BCUT2D eigenvalue weighted by Crippen LogP contribution is -2.36. The highest BCUT2D eigenvalue weighted by Crippen LogP contribution is 2.49. The fraction of sp³-hybridized carbons (Fsp3) is 0.316. The summed E-state index contributed by atoms with van der Waals surface area (Å²) < 4.78 is 49.1. The molecular weight excluding hydrogens is 453 g/mol. The van der Waals surface area contributed by atoms with Crippen LogP contribution in [0.3, 0.4) is 0 Å². The van der Waals surface area contributed by atoms with Gasteiger partial charge in [0.2, 0.25) is 5.88 Å². The molecule has 0 saturated heterocycles. The molecule has 1 aliphatic carbocycles. The van der Waals surface area contributed by atoms with Crippen LogP contribution >= 0.6 is 15.9 Å². The maximum Gasteiger partial charge on any atom is 0.433 e. The zero-order valence-electron chi connectivity index (χ0n) is 15.0. The van der Waals surface area contributed by atoms with E-state index in [0.29, 0.717) is 18.6 Å². The minimum atomic E-state index is -4.76. The second-order valence-corrected chi connectivity index (χ2v) is 7.81. The van der Waals surface area contributed by atoms with Gasteiger partial charge in [0.05, 0.1) is 6.54 Å². The van der Waals surface area contributed by atoms with Gasteiger partial charge in [0.15, 0.2) is 5.69 Å². The largest absolute Gasteiger partial charge is 0.439 e. The number of halogens is 4. The number of hydrogen-bond acceptors (Lipinski definition) is 5. The molecule has 2 heterocycles. The average molecular weight is 469 g/mol. The molecule has 0 aliphatic heterocycles. The Morgan fingerprint density at radius 1 is 1.14 bits per heavy atom. The first-order valence-corrected chi connectivity index (χ1v) is 9.62. The third-order valence-corrected chi connectivity index (χ3v) is 5.29. The van der Waals surface area contributed by atoms with Crippen molar-refractivity contribution in [3.8, 4) is 11.6 Å². The zero-order valence-corrected chi connectivity index (χ0v) is 16.6. The van der Waals surface area contributed by atoms with Gasteiger partial charge < -0.3 is 9.84 Å². The molecular formula is C19H16BrF3N4O2. The fourth-order valence-electron chi connectivity index (χ4n) is 3.24. The van der Waals surface area contributed by atoms with Gasteiger partial charge in [-0.15, -0.1) is 0 Å². The van der Waals surface area contributed by atoms with E-state index in [1.54, 1.807) is 24.3 Å². The minimum absolute atomic E-state index is 0.144. The monoisotopic (exact) mass is 468 g/mol. The summed E-state index contributed by atoms with van der Waals surface area (Å²) in [7, 11) is 0. The maximum absolute atomic E-state index is 13.8. The highest BCUT2D eigenvalue weighted by atomic mass is 79.9. The highest BCUT2D eigenvalue weighted by molar-refractivity contribution is 9.10. The van der Waals surface area contributed by atoms with Crippen LogP contribution in [0.25, 0.3) is 0 Å². The molecule has 152 valence electrons. The molecule has 3 aromatic rings. The Labute approximate surface area is 172 Å². The van der Waals surface area contributed by atoms with Gasteiger partial charge in [-0.05, 0) is 49.1 Å². The van der Waals surface area contributed by atoms with Gasteiger partial charge in [-0.25, -0.2) is 14.6 Å². The van der Waals surface area contributed by atoms with Crippen LogP contribution in [-0.4, -0.2) is 24.9 Å². The first-order chi connectivity index (χ1) is 13.8. The van der Waals surface area contributed by atoms with Gasteiger partial charge in [-0.3, -0.25) is 0 Å². The summed E-state index contributed by atoms with van der Waals surface area (Å²) in [5.74, 6) is -0.170. The van der Waals surface area contributed by atoms with Crippen molar-refractivity contribution in [1.82, 2.24) is 19.7 Å². The average Bonchev–Trinajstić information content (AvgIpc) is 3.42. The van der Waals surface area contributed by atoms with Crippen molar-refractivity contribution in [2.24, 2.45) is 5.92 Å². The first-order valence-electron chi connectivity index (χ1n) is 8.82. The topological polar surface area (TPSA) is 73.1 Å². The molecule has 1 saturated carbocycles. The number of pyridine rings is 1. The van der Waals surface area contributed by atoms with Crippen molar-refractivity contribution in [2.45, 2.75) is 31.2 Å². The molecule has 1 atom stereocenters. The van der Waals surface area contributed by atoms with Gasteiger partial charge in [0.25, 0.3) is 0 Å². The van der Waals surface area contributed by atoms with E-state index in [4.69, 9.17) is 4.74 Å². The van der Waals surface area contributed by atoms with Crippen LogP contribution < -0.4 is 4.74 Å². The van der Waals surface area contributed by atoms with Crippen LogP contribution in [-0.2, 0) is 18.3 Å². The molecule has 1 fully saturated rings. The SMILES string of the molecule is OC(Cn1cncn1)(c1ccc(Oc2ccc(Br)cc2)nc1C(F)(F)F)C1CC1. The van der Waals surface area contributed by atoms with Crippen molar-refractivity contribution in [3.05, 3.63) is 64.8 Å². The van der Waals surface area contributed by atoms with Crippen LogP contribution in [0, 0.1) is 5.92 Å². The molecule has 0 spiro atoms. The normalized spacial score (nSPS) is 16.4. The zero-order chi connectivity index (χ0) is 20.6. The minimum Gasteiger partial charge on any atom is -0.439 e. The Morgan fingerprint density at radius 2 is 1.86 bits per heavy atom. The van der Waals surface area contributed by atoms with Crippen LogP contribution in [0.2, 0.25) is 0 Å². The first kappa shape index (κ1) is 19.8. The number of aromatic nitrogens is 4. The van der Waals surface area contributed by atoms with E-state index >= 15 is 0 Å². The summed E-state index contributed by atoms with van der Waals surface area (Å²) in [6, 6.07) is 9.20. The van der Waals surface area contributed by atoms with Crippen LogP contribution in [0.15, 0.2) is 53.5 Å². The molecule has 6 nitrogen and oxygen atoms in total. The summed E-state index contributed by atoms with van der Waals surface area (Å²) in [6.45, 7) is -0.144. The Bertz CT molecular complexity index is 992. The molecule has 0 amide bonds. The third-order valence-electron chi connectivity index (χ3n) is 4.76. The van der Waals surface area contributed by atoms with Crippen molar-refractivity contribution in [3.63, 3.8) is 0 Å². The number of aliphatic hydroxyl groups is 1. The summed E-state index contributed by atoms with van der Waals surface area (Å²) >= 11 is 3.28. The second kappa shape index (κ2) is 7.42. The molecule has 0 radical (unpaired) electrons. The standard InChI is InChI=1S/C19H16BrF3N4O2/c20-13-3-5-14(6-4-13)29-16-8-7-15(17(26-16)19(21,22)23)18(28,12-1-2-12)9-27-11-24-10-25-27/h3-8,10-12,28H,1-2,9H2. The molecule has 0 bridgehead atoms. The van der Waals surface area contributed by atoms with Gasteiger partial charge in [0, 0.05) is 16.1 Å². The lowest BCUT2D eigenvalue weighted by Gasteiger charge is -2.30. The molecule has 1 N–H and O–H groups in total. The summed E-state index contributed by atoms with van der Waals surface area (Å²) in [5, 5.41) is 15.2. The lowest BCUT2D eigenvalue weighted by molar-refractivity contribution is -0.145. The third kappa shape index (κ3) is 4.27. The van der Waals surface area contributed by atoms with E-state index in [9.17, 15) is 18.3 Å². The van der Waals surface area contributed by atoms with Crippen LogP contribution in [0.5, 0.6) is 11.6 Å². The van der Waals surface area contributed by atoms with Crippen molar-refractivity contribution < 1.29 is 23.0 Å². The van der Waals surface area contributed by atoms with Crippen molar-refractivity contribution in [2.75, 3.05) is 0 Å². The number of rotatable bonds is 6. The maximum atomic E-state index is 13.8. The van der Waals surface area contributed by atoms with Crippen LogP contribution in [0.1, 0.15) is 24.1 Å². The van der Waals surface area contributed by atoms with E-state index in [-0.39, 0.29) is 23.9 Å². The van der Waals surface area contributed by atoms with E-state index in [0.717, 1.165) is 4.47 Å². The number of benzene rings is 1. The number of nitrogens with zero attached hydrogens (tertiary/aromatic N) is 4. The Kier molecular flexibility index (Phi) is 5.07. The van der Waals surface area contributed by atoms with Gasteiger partial charge in [0.1, 0.15) is 24.0 Å². The number of alkyl halides is 3. The Hall–Kier alpha value is -2.46. The Balaban J connectivity index is 1.73. The Morgan fingerprint density at radius 3 is 2.45 bits per heavy atom. The second-order valence-electron chi connectivity index (χ2n) is 6.89. The van der Waals surface area contributed by atoms with E-state index in [1.165, 1.54) is 29.5 Å². The highest BCUT2D eigenvalue weighted by Gasteiger charge is 2.50. The van der Waals surface area contributed by atoms with Crippen molar-refractivity contribution in [1.29, 1.82) is 0 Å². The molecule has 2 aromatic heterocycles. The summed E-state index contributed by atoms with van der Waals surface area (Å²) in [4.78, 5) is 7.50. The summed E-state index contributed by atoms with van der Waals surface area (Å²) in [5.41, 5.74) is -3.21. The molecule has 29 heavy (non-hydrogen) atoms. The molecule has 1 unspecified atom stereocenters.